The highest BCUT2D eigenvalue weighted by Crippen LogP contribution is 2.31. The van der Waals surface area contributed by atoms with E-state index in [0.29, 0.717) is 5.69 Å². The molecule has 1 fully saturated rings. The molecule has 0 bridgehead atoms. The number of nitrogens with zero attached hydrogens (tertiary/aromatic N) is 3. The molecule has 3 aromatic rings. The average Bonchev–Trinajstić information content (AvgIpc) is 3.44. The maximum Gasteiger partial charge on any atom is 0.275 e. The number of thiazole rings is 1. The maximum atomic E-state index is 12.9. The molecule has 1 saturated heterocycles. The van der Waals surface area contributed by atoms with Crippen molar-refractivity contribution in [1.82, 2.24) is 10.3 Å². The molecule has 1 amide bonds. The lowest BCUT2D eigenvalue weighted by atomic mass is 10.1. The third-order valence-electron chi connectivity index (χ3n) is 5.41. The third-order valence-corrected chi connectivity index (χ3v) is 7.34. The van der Waals surface area contributed by atoms with Crippen LogP contribution in [0.3, 0.4) is 0 Å². The van der Waals surface area contributed by atoms with Crippen LogP contribution in [0.5, 0.6) is 0 Å². The Bertz CT molecular complexity index is 1010. The predicted octanol–water partition coefficient (Wildman–Crippen LogP) is 3.43. The van der Waals surface area contributed by atoms with Crippen molar-refractivity contribution >= 4 is 45.1 Å². The van der Waals surface area contributed by atoms with E-state index >= 15 is 0 Å². The summed E-state index contributed by atoms with van der Waals surface area (Å²) in [4.78, 5) is 23.6. The van der Waals surface area contributed by atoms with Gasteiger partial charge in [0.2, 0.25) is 0 Å². The number of thiophene rings is 1. The van der Waals surface area contributed by atoms with Crippen LogP contribution in [-0.4, -0.2) is 43.6 Å². The molecular weight excluding hydrogens is 402 g/mol. The van der Waals surface area contributed by atoms with Gasteiger partial charge in [-0.05, 0) is 35.6 Å². The molecule has 2 aliphatic rings. The van der Waals surface area contributed by atoms with Gasteiger partial charge in [0.15, 0.2) is 5.13 Å². The summed E-state index contributed by atoms with van der Waals surface area (Å²) in [6.07, 6.45) is 1.05. The van der Waals surface area contributed by atoms with E-state index in [4.69, 9.17) is 0 Å². The number of piperazine rings is 1. The van der Waals surface area contributed by atoms with E-state index in [1.807, 2.05) is 34.9 Å². The predicted molar refractivity (Wildman–Crippen MR) is 121 cm³/mol. The van der Waals surface area contributed by atoms with E-state index in [0.717, 1.165) is 62.2 Å². The zero-order valence-electron chi connectivity index (χ0n) is 16.1. The topological polar surface area (TPSA) is 60.5 Å². The Morgan fingerprint density at radius 1 is 1.07 bits per heavy atom. The van der Waals surface area contributed by atoms with Crippen molar-refractivity contribution in [1.29, 1.82) is 0 Å². The van der Waals surface area contributed by atoms with E-state index < -0.39 is 0 Å². The van der Waals surface area contributed by atoms with Gasteiger partial charge in [-0.1, -0.05) is 12.1 Å². The molecule has 29 heavy (non-hydrogen) atoms. The van der Waals surface area contributed by atoms with Crippen molar-refractivity contribution in [2.45, 2.75) is 13.0 Å². The second-order valence-electron chi connectivity index (χ2n) is 7.26. The molecule has 5 rings (SSSR count). The Kier molecular flexibility index (Phi) is 5.22. The van der Waals surface area contributed by atoms with E-state index in [9.17, 15) is 4.79 Å². The minimum atomic E-state index is -0.150. The number of rotatable bonds is 4. The van der Waals surface area contributed by atoms with Gasteiger partial charge in [-0.15, -0.1) is 22.7 Å². The van der Waals surface area contributed by atoms with Crippen molar-refractivity contribution < 1.29 is 4.79 Å². The molecule has 0 aliphatic carbocycles. The molecule has 0 spiro atoms. The van der Waals surface area contributed by atoms with Crippen LogP contribution in [0.25, 0.3) is 0 Å². The smallest absolute Gasteiger partial charge is 0.275 e. The molecule has 0 unspecified atom stereocenters. The molecule has 2 aliphatic heterocycles. The number of hydrogen-bond donors (Lipinski definition) is 2. The number of fused-ring (bicyclic) bond motifs is 1. The van der Waals surface area contributed by atoms with Crippen LogP contribution < -0.4 is 20.4 Å². The van der Waals surface area contributed by atoms with Crippen LogP contribution in [0.15, 0.2) is 41.1 Å². The highest BCUT2D eigenvalue weighted by molar-refractivity contribution is 7.14. The number of carbonyl (C=O) groups is 1. The first-order valence-electron chi connectivity index (χ1n) is 9.90. The summed E-state index contributed by atoms with van der Waals surface area (Å²) in [5.41, 5.74) is 3.78. The first-order valence-corrected chi connectivity index (χ1v) is 11.7. The number of carbonyl (C=O) groups excluding carboxylic acids is 1. The molecule has 8 heteroatoms. The molecule has 2 N–H and O–H groups in total. The van der Waals surface area contributed by atoms with E-state index in [-0.39, 0.29) is 5.91 Å². The van der Waals surface area contributed by atoms with Gasteiger partial charge in [0.1, 0.15) is 5.69 Å². The van der Waals surface area contributed by atoms with Gasteiger partial charge in [-0.25, -0.2) is 4.98 Å². The number of amides is 1. The lowest BCUT2D eigenvalue weighted by molar-refractivity contribution is 0.102. The van der Waals surface area contributed by atoms with Crippen molar-refractivity contribution in [3.63, 3.8) is 0 Å². The summed E-state index contributed by atoms with van der Waals surface area (Å²) in [5.74, 6) is -0.150. The average molecular weight is 426 g/mol. The minimum absolute atomic E-state index is 0.150. The molecule has 150 valence electrons. The summed E-state index contributed by atoms with van der Waals surface area (Å²) in [6.45, 7) is 5.62. The monoisotopic (exact) mass is 425 g/mol. The van der Waals surface area contributed by atoms with Crippen LogP contribution in [0.2, 0.25) is 0 Å². The summed E-state index contributed by atoms with van der Waals surface area (Å²) in [6, 6.07) is 10.2. The van der Waals surface area contributed by atoms with Crippen molar-refractivity contribution in [2.24, 2.45) is 0 Å². The number of aromatic nitrogens is 1. The quantitative estimate of drug-likeness (QED) is 0.671. The fourth-order valence-corrected chi connectivity index (χ4v) is 5.60. The molecule has 0 atom stereocenters. The van der Waals surface area contributed by atoms with E-state index in [1.165, 1.54) is 10.4 Å². The Morgan fingerprint density at radius 2 is 1.93 bits per heavy atom. The van der Waals surface area contributed by atoms with Crippen molar-refractivity contribution in [3.8, 4) is 0 Å². The lowest BCUT2D eigenvalue weighted by Crippen LogP contribution is -2.43. The zero-order chi connectivity index (χ0) is 19.6. The van der Waals surface area contributed by atoms with Gasteiger partial charge < -0.3 is 20.4 Å². The molecule has 4 heterocycles. The molecule has 0 radical (unpaired) electrons. The van der Waals surface area contributed by atoms with Crippen molar-refractivity contribution in [3.05, 3.63) is 57.2 Å². The van der Waals surface area contributed by atoms with E-state index in [1.54, 1.807) is 11.3 Å². The number of hydrogen-bond acceptors (Lipinski definition) is 7. The highest BCUT2D eigenvalue weighted by Gasteiger charge is 2.22. The standard InChI is InChI=1S/C21H23N5OS2/c27-20(23-16-3-1-2-4-18(16)25-10-7-22-8-11-25)17-14-29-21(24-17)26-9-5-19-15(13-26)6-12-28-19/h1-4,6,12,14,22H,5,7-11,13H2,(H,23,27). The Morgan fingerprint density at radius 3 is 2.83 bits per heavy atom. The Balaban J connectivity index is 1.30. The Labute approximate surface area is 178 Å². The van der Waals surface area contributed by atoms with Gasteiger partial charge in [0.05, 0.1) is 11.4 Å². The van der Waals surface area contributed by atoms with Crippen LogP contribution in [0.4, 0.5) is 16.5 Å². The normalized spacial score (nSPS) is 16.6. The summed E-state index contributed by atoms with van der Waals surface area (Å²) in [5, 5.41) is 11.4. The lowest BCUT2D eigenvalue weighted by Gasteiger charge is -2.31. The molecule has 2 aromatic heterocycles. The van der Waals surface area contributed by atoms with E-state index in [2.05, 4.69) is 42.9 Å². The second-order valence-corrected chi connectivity index (χ2v) is 9.10. The number of anilines is 3. The van der Waals surface area contributed by atoms with Gasteiger partial charge >= 0.3 is 0 Å². The second kappa shape index (κ2) is 8.14. The van der Waals surface area contributed by atoms with Crippen LogP contribution in [0, 0.1) is 0 Å². The summed E-state index contributed by atoms with van der Waals surface area (Å²) < 4.78 is 0. The number of para-hydroxylation sites is 2. The molecular formula is C21H23N5OS2. The first-order chi connectivity index (χ1) is 14.3. The van der Waals surface area contributed by atoms with Crippen molar-refractivity contribution in [2.75, 3.05) is 47.8 Å². The van der Waals surface area contributed by atoms with Gasteiger partial charge in [0.25, 0.3) is 5.91 Å². The van der Waals surface area contributed by atoms with Crippen LogP contribution in [-0.2, 0) is 13.0 Å². The highest BCUT2D eigenvalue weighted by atomic mass is 32.1. The Hall–Kier alpha value is -2.42. The van der Waals surface area contributed by atoms with Crippen LogP contribution in [0.1, 0.15) is 20.9 Å². The molecule has 1 aromatic carbocycles. The summed E-state index contributed by atoms with van der Waals surface area (Å²) >= 11 is 3.37. The SMILES string of the molecule is O=C(Nc1ccccc1N1CCNCC1)c1csc(N2CCc3sccc3C2)n1. The fourth-order valence-electron chi connectivity index (χ4n) is 3.87. The number of benzene rings is 1. The van der Waals surface area contributed by atoms with Gasteiger partial charge in [0, 0.05) is 49.5 Å². The fraction of sp³-hybridized carbons (Fsp3) is 0.333. The van der Waals surface area contributed by atoms with Crippen LogP contribution >= 0.6 is 22.7 Å². The summed E-state index contributed by atoms with van der Waals surface area (Å²) in [7, 11) is 0. The molecule has 6 nitrogen and oxygen atoms in total. The third kappa shape index (κ3) is 3.88. The largest absolute Gasteiger partial charge is 0.367 e. The minimum Gasteiger partial charge on any atom is -0.367 e. The molecule has 0 saturated carbocycles. The zero-order valence-corrected chi connectivity index (χ0v) is 17.7. The van der Waals surface area contributed by atoms with Gasteiger partial charge in [-0.2, -0.15) is 0 Å². The van der Waals surface area contributed by atoms with Gasteiger partial charge in [-0.3, -0.25) is 4.79 Å². The first kappa shape index (κ1) is 18.6. The maximum absolute atomic E-state index is 12.9. The number of nitrogens with one attached hydrogen (secondary N) is 2.